The van der Waals surface area contributed by atoms with Crippen molar-refractivity contribution >= 4 is 22.9 Å². The number of anilines is 1. The number of hydrogen-bond acceptors (Lipinski definition) is 9. The second-order valence-corrected chi connectivity index (χ2v) is 8.80. The molecule has 3 aromatic rings. The van der Waals surface area contributed by atoms with Crippen LogP contribution in [0.3, 0.4) is 0 Å². The number of aromatic nitrogens is 2. The number of para-hydroxylation sites is 1. The SMILES string of the molecule is O=C(OCc1ccccc1)N1CCN(c2nc(O[C@@H]3C[C@H](O)[C@@H](O)[C@H]3O)c3ccccc3n2)CC1. The molecule has 1 saturated carbocycles. The van der Waals surface area contributed by atoms with Gasteiger partial charge in [0.2, 0.25) is 11.8 Å². The zero-order valence-electron chi connectivity index (χ0n) is 19.1. The summed E-state index contributed by atoms with van der Waals surface area (Å²) in [6, 6.07) is 16.9. The molecule has 35 heavy (non-hydrogen) atoms. The van der Waals surface area contributed by atoms with E-state index in [9.17, 15) is 20.1 Å². The Morgan fingerprint density at radius 1 is 0.914 bits per heavy atom. The Balaban J connectivity index is 1.27. The summed E-state index contributed by atoms with van der Waals surface area (Å²) < 4.78 is 11.4. The molecule has 2 heterocycles. The lowest BCUT2D eigenvalue weighted by Gasteiger charge is -2.34. The molecule has 2 fully saturated rings. The van der Waals surface area contributed by atoms with E-state index >= 15 is 0 Å². The fraction of sp³-hybridized carbons (Fsp3) is 0.400. The van der Waals surface area contributed by atoms with E-state index in [1.54, 1.807) is 4.90 Å². The number of hydrogen-bond donors (Lipinski definition) is 3. The minimum atomic E-state index is -1.26. The first-order valence-corrected chi connectivity index (χ1v) is 11.7. The van der Waals surface area contributed by atoms with Crippen LogP contribution in [0.25, 0.3) is 10.9 Å². The first-order chi connectivity index (χ1) is 17.0. The first kappa shape index (κ1) is 23.3. The molecule has 0 bridgehead atoms. The molecule has 2 aliphatic rings. The van der Waals surface area contributed by atoms with Gasteiger partial charge in [0, 0.05) is 32.6 Å². The van der Waals surface area contributed by atoms with Crippen LogP contribution in [-0.4, -0.2) is 86.9 Å². The van der Waals surface area contributed by atoms with E-state index in [1.165, 1.54) is 0 Å². The van der Waals surface area contributed by atoms with Gasteiger partial charge >= 0.3 is 6.09 Å². The highest BCUT2D eigenvalue weighted by atomic mass is 16.6. The fourth-order valence-electron chi connectivity index (χ4n) is 4.39. The summed E-state index contributed by atoms with van der Waals surface area (Å²) in [7, 11) is 0. The number of ether oxygens (including phenoxy) is 2. The second kappa shape index (κ2) is 10.0. The van der Waals surface area contributed by atoms with Crippen molar-refractivity contribution in [2.75, 3.05) is 31.1 Å². The molecule has 3 N–H and O–H groups in total. The highest BCUT2D eigenvalue weighted by molar-refractivity contribution is 5.84. The molecule has 5 rings (SSSR count). The van der Waals surface area contributed by atoms with E-state index < -0.39 is 24.4 Å². The topological polar surface area (TPSA) is 128 Å². The van der Waals surface area contributed by atoms with Crippen molar-refractivity contribution in [3.8, 4) is 5.88 Å². The van der Waals surface area contributed by atoms with Gasteiger partial charge in [0.1, 0.15) is 24.9 Å². The van der Waals surface area contributed by atoms with Crippen molar-refractivity contribution in [3.05, 3.63) is 60.2 Å². The molecular weight excluding hydrogens is 452 g/mol. The number of carbonyl (C=O) groups is 1. The Morgan fingerprint density at radius 2 is 1.63 bits per heavy atom. The third-order valence-corrected chi connectivity index (χ3v) is 6.44. The van der Waals surface area contributed by atoms with Crippen LogP contribution in [0.4, 0.5) is 10.7 Å². The number of benzene rings is 2. The van der Waals surface area contributed by atoms with Crippen molar-refractivity contribution in [1.82, 2.24) is 14.9 Å². The summed E-state index contributed by atoms with van der Waals surface area (Å²) in [6.07, 6.45) is -4.58. The van der Waals surface area contributed by atoms with Crippen LogP contribution in [0, 0.1) is 0 Å². The summed E-state index contributed by atoms with van der Waals surface area (Å²) in [4.78, 5) is 25.4. The van der Waals surface area contributed by atoms with Gasteiger partial charge in [0.25, 0.3) is 0 Å². The van der Waals surface area contributed by atoms with Gasteiger partial charge in [-0.3, -0.25) is 0 Å². The smallest absolute Gasteiger partial charge is 0.410 e. The first-order valence-electron chi connectivity index (χ1n) is 11.7. The summed E-state index contributed by atoms with van der Waals surface area (Å²) in [5.41, 5.74) is 1.61. The van der Waals surface area contributed by atoms with Gasteiger partial charge < -0.3 is 34.6 Å². The minimum Gasteiger partial charge on any atom is -0.471 e. The predicted molar refractivity (Wildman–Crippen MR) is 127 cm³/mol. The lowest BCUT2D eigenvalue weighted by Crippen LogP contribution is -2.49. The summed E-state index contributed by atoms with van der Waals surface area (Å²) in [6.45, 7) is 2.17. The minimum absolute atomic E-state index is 0.0970. The molecule has 0 radical (unpaired) electrons. The molecular formula is C25H28N4O6. The van der Waals surface area contributed by atoms with Crippen LogP contribution >= 0.6 is 0 Å². The van der Waals surface area contributed by atoms with Crippen molar-refractivity contribution in [2.24, 2.45) is 0 Å². The van der Waals surface area contributed by atoms with Crippen molar-refractivity contribution in [3.63, 3.8) is 0 Å². The van der Waals surface area contributed by atoms with Gasteiger partial charge in [0.15, 0.2) is 0 Å². The number of aliphatic hydroxyl groups excluding tert-OH is 3. The van der Waals surface area contributed by atoms with Gasteiger partial charge in [-0.25, -0.2) is 9.78 Å². The van der Waals surface area contributed by atoms with E-state index in [1.807, 2.05) is 59.5 Å². The maximum atomic E-state index is 12.5. The zero-order chi connectivity index (χ0) is 24.4. The lowest BCUT2D eigenvalue weighted by molar-refractivity contribution is -0.0370. The van der Waals surface area contributed by atoms with E-state index in [4.69, 9.17) is 9.47 Å². The van der Waals surface area contributed by atoms with Crippen molar-refractivity contribution < 1.29 is 29.6 Å². The maximum Gasteiger partial charge on any atom is 0.410 e. The summed E-state index contributed by atoms with van der Waals surface area (Å²) in [5, 5.41) is 30.7. The van der Waals surface area contributed by atoms with Crippen LogP contribution in [0.5, 0.6) is 5.88 Å². The normalized spacial score (nSPS) is 24.5. The number of rotatable bonds is 5. The van der Waals surface area contributed by atoms with E-state index in [0.29, 0.717) is 43.0 Å². The Labute approximate surface area is 202 Å². The molecule has 1 aromatic heterocycles. The highest BCUT2D eigenvalue weighted by Crippen LogP contribution is 2.31. The maximum absolute atomic E-state index is 12.5. The average molecular weight is 481 g/mol. The third kappa shape index (κ3) is 5.00. The molecule has 0 spiro atoms. The van der Waals surface area contributed by atoms with Gasteiger partial charge in [-0.1, -0.05) is 42.5 Å². The largest absolute Gasteiger partial charge is 0.471 e. The Bertz CT molecular complexity index is 1170. The monoisotopic (exact) mass is 480 g/mol. The molecule has 1 aliphatic heterocycles. The molecule has 184 valence electrons. The number of amides is 1. The average Bonchev–Trinajstić information content (AvgIpc) is 3.14. The van der Waals surface area contributed by atoms with E-state index in [0.717, 1.165) is 5.56 Å². The van der Waals surface area contributed by atoms with E-state index in [2.05, 4.69) is 9.97 Å². The number of piperazine rings is 1. The molecule has 1 aliphatic carbocycles. The van der Waals surface area contributed by atoms with Crippen molar-refractivity contribution in [1.29, 1.82) is 0 Å². The number of fused-ring (bicyclic) bond motifs is 1. The van der Waals surface area contributed by atoms with Gasteiger partial charge in [-0.2, -0.15) is 4.98 Å². The quantitative estimate of drug-likeness (QED) is 0.495. The van der Waals surface area contributed by atoms with Crippen LogP contribution in [-0.2, 0) is 11.3 Å². The second-order valence-electron chi connectivity index (χ2n) is 8.80. The molecule has 1 saturated heterocycles. The number of carbonyl (C=O) groups excluding carboxylic acids is 1. The molecule has 10 heteroatoms. The van der Waals surface area contributed by atoms with Gasteiger partial charge in [-0.15, -0.1) is 0 Å². The van der Waals surface area contributed by atoms with Crippen LogP contribution < -0.4 is 9.64 Å². The molecule has 10 nitrogen and oxygen atoms in total. The van der Waals surface area contributed by atoms with Crippen LogP contribution in [0.2, 0.25) is 0 Å². The predicted octanol–water partition coefficient (Wildman–Crippen LogP) is 1.32. The summed E-state index contributed by atoms with van der Waals surface area (Å²) in [5.74, 6) is 0.727. The van der Waals surface area contributed by atoms with Crippen LogP contribution in [0.15, 0.2) is 54.6 Å². The highest BCUT2D eigenvalue weighted by Gasteiger charge is 2.42. The standard InChI is InChI=1S/C25H28N4O6/c30-19-14-20(22(32)21(19)31)35-23-17-8-4-5-9-18(17)26-24(27-23)28-10-12-29(13-11-28)25(33)34-15-16-6-2-1-3-7-16/h1-9,19-22,30-32H,10-15H2/t19-,20+,21+,22-/m0/s1. The fourth-order valence-corrected chi connectivity index (χ4v) is 4.39. The molecule has 4 atom stereocenters. The number of nitrogens with zero attached hydrogens (tertiary/aromatic N) is 4. The van der Waals surface area contributed by atoms with Gasteiger partial charge in [0.05, 0.1) is 17.0 Å². The van der Waals surface area contributed by atoms with Crippen molar-refractivity contribution in [2.45, 2.75) is 37.4 Å². The molecule has 0 unspecified atom stereocenters. The lowest BCUT2D eigenvalue weighted by atomic mass is 10.2. The zero-order valence-corrected chi connectivity index (χ0v) is 19.1. The molecule has 1 amide bonds. The van der Waals surface area contributed by atoms with E-state index in [-0.39, 0.29) is 25.0 Å². The van der Waals surface area contributed by atoms with Crippen LogP contribution in [0.1, 0.15) is 12.0 Å². The summed E-state index contributed by atoms with van der Waals surface area (Å²) >= 11 is 0. The Kier molecular flexibility index (Phi) is 6.67. The molecule has 2 aromatic carbocycles. The number of aliphatic hydroxyl groups is 3. The Hall–Kier alpha value is -3.47. The Morgan fingerprint density at radius 3 is 2.34 bits per heavy atom. The van der Waals surface area contributed by atoms with Gasteiger partial charge in [-0.05, 0) is 17.7 Å². The third-order valence-electron chi connectivity index (χ3n) is 6.44.